The van der Waals surface area contributed by atoms with Crippen LogP contribution in [0.15, 0.2) is 60.7 Å². The summed E-state index contributed by atoms with van der Waals surface area (Å²) in [4.78, 5) is 25.4. The quantitative estimate of drug-likeness (QED) is 0.563. The van der Waals surface area contributed by atoms with Crippen molar-refractivity contribution in [2.24, 2.45) is 5.92 Å². The molecule has 2 saturated heterocycles. The van der Waals surface area contributed by atoms with E-state index in [2.05, 4.69) is 5.32 Å². The molecule has 2 bridgehead atoms. The first-order chi connectivity index (χ1) is 14.1. The lowest BCUT2D eigenvalue weighted by Gasteiger charge is -2.30. The van der Waals surface area contributed by atoms with E-state index in [0.29, 0.717) is 6.54 Å². The lowest BCUT2D eigenvalue weighted by atomic mass is 9.82. The predicted molar refractivity (Wildman–Crippen MR) is 109 cm³/mol. The molecule has 0 aromatic heterocycles. The maximum Gasteiger partial charge on any atom is 0.313 e. The molecule has 2 aliphatic heterocycles. The highest BCUT2D eigenvalue weighted by Gasteiger charge is 2.62. The van der Waals surface area contributed by atoms with Crippen molar-refractivity contribution in [1.29, 1.82) is 0 Å². The van der Waals surface area contributed by atoms with Crippen LogP contribution in [0.4, 0.5) is 0 Å². The van der Waals surface area contributed by atoms with Gasteiger partial charge in [-0.05, 0) is 11.1 Å². The minimum atomic E-state index is -0.925. The van der Waals surface area contributed by atoms with E-state index in [1.165, 1.54) is 0 Å². The molecule has 4 rings (SSSR count). The largest absolute Gasteiger partial charge is 0.461 e. The Morgan fingerprint density at radius 3 is 2.17 bits per heavy atom. The average molecular weight is 393 g/mol. The van der Waals surface area contributed by atoms with Crippen LogP contribution in [0.1, 0.15) is 17.5 Å². The van der Waals surface area contributed by atoms with Gasteiger partial charge >= 0.3 is 11.9 Å². The van der Waals surface area contributed by atoms with Crippen molar-refractivity contribution in [1.82, 2.24) is 5.32 Å². The third-order valence-corrected chi connectivity index (χ3v) is 5.65. The Bertz CT molecular complexity index is 862. The van der Waals surface area contributed by atoms with Gasteiger partial charge in [0.1, 0.15) is 32.6 Å². The molecule has 4 atom stereocenters. The van der Waals surface area contributed by atoms with E-state index < -0.39 is 11.5 Å². The zero-order chi connectivity index (χ0) is 20.3. The summed E-state index contributed by atoms with van der Waals surface area (Å²) in [6.07, 6.45) is 0.0127. The summed E-state index contributed by atoms with van der Waals surface area (Å²) in [6.45, 7) is 0.824. The van der Waals surface area contributed by atoms with Gasteiger partial charge in [0.15, 0.2) is 0 Å². The molecule has 2 aromatic carbocycles. The fourth-order valence-corrected chi connectivity index (χ4v) is 4.27. The molecule has 2 unspecified atom stereocenters. The second-order valence-electron chi connectivity index (χ2n) is 7.69. The van der Waals surface area contributed by atoms with E-state index in [4.69, 9.17) is 14.2 Å². The van der Waals surface area contributed by atoms with Gasteiger partial charge in [-0.1, -0.05) is 60.7 Å². The fraction of sp³-hybridized carbons (Fsp3) is 0.364. The lowest BCUT2D eigenvalue weighted by Crippen LogP contribution is -2.46. The van der Waals surface area contributed by atoms with Gasteiger partial charge in [-0.25, -0.2) is 0 Å². The van der Waals surface area contributed by atoms with Crippen LogP contribution >= 0.6 is 0 Å². The lowest BCUT2D eigenvalue weighted by molar-refractivity contribution is -0.161. The number of hydrogen-bond acceptors (Lipinski definition) is 6. The summed E-state index contributed by atoms with van der Waals surface area (Å²) in [5, 5.41) is 3.32. The monoisotopic (exact) mass is 393 g/mol. The third kappa shape index (κ3) is 4.21. The molecule has 2 aromatic rings. The highest BCUT2D eigenvalue weighted by atomic mass is 16.6. The molecule has 150 valence electrons. The number of nitrogens with one attached hydrogen (secondary N) is 1. The molecule has 29 heavy (non-hydrogen) atoms. The first-order valence-corrected chi connectivity index (χ1v) is 9.89. The number of carbonyl (C=O) groups is 2. The summed E-state index contributed by atoms with van der Waals surface area (Å²) in [5.74, 6) is -1.26. The van der Waals surface area contributed by atoms with Crippen LogP contribution < -0.4 is 5.32 Å². The Labute approximate surface area is 170 Å². The van der Waals surface area contributed by atoms with Gasteiger partial charge in [-0.3, -0.25) is 9.59 Å². The van der Waals surface area contributed by atoms with Crippen LogP contribution in [0, 0.1) is 5.92 Å². The number of benzene rings is 2. The van der Waals surface area contributed by atoms with E-state index in [1.807, 2.05) is 68.5 Å². The van der Waals surface area contributed by atoms with Crippen LogP contribution in [0.5, 0.6) is 0 Å². The molecular weight excluding hydrogens is 369 g/mol. The molecule has 1 N–H and O–H groups in total. The first-order valence-electron chi connectivity index (χ1n) is 9.89. The van der Waals surface area contributed by atoms with Crippen molar-refractivity contribution in [2.75, 3.05) is 6.54 Å². The maximum absolute atomic E-state index is 12.9. The van der Waals surface area contributed by atoms with Gasteiger partial charge < -0.3 is 19.5 Å². The van der Waals surface area contributed by atoms with E-state index in [-0.39, 0.29) is 43.6 Å². The molecule has 2 aliphatic rings. The zero-order valence-corrected chi connectivity index (χ0v) is 16.4. The standard InChI is InChI=1S/C22H24BNO5/c23-20-19-18(21(26)28-13-16-9-5-2-6-10-16)22(29-20,14-24-19)11-17(25)27-12-15-7-3-1-4-8-15/h1-10,18-20,24H,11-14,23H2/t18?,19?,20-,22+/m1/s1. The zero-order valence-electron chi connectivity index (χ0n) is 16.4. The predicted octanol–water partition coefficient (Wildman–Crippen LogP) is 1.18. The molecule has 0 radical (unpaired) electrons. The molecule has 0 spiro atoms. The highest BCUT2D eigenvalue weighted by molar-refractivity contribution is 6.12. The summed E-state index contributed by atoms with van der Waals surface area (Å²) in [6, 6.07) is 18.7. The third-order valence-electron chi connectivity index (χ3n) is 5.65. The maximum atomic E-state index is 12.9. The minimum absolute atomic E-state index is 0.0127. The number of fused-ring (bicyclic) bond motifs is 2. The summed E-state index contributed by atoms with van der Waals surface area (Å²) >= 11 is 0. The van der Waals surface area contributed by atoms with Crippen molar-refractivity contribution >= 4 is 19.8 Å². The Kier molecular flexibility index (Phi) is 5.69. The van der Waals surface area contributed by atoms with E-state index in [9.17, 15) is 9.59 Å². The van der Waals surface area contributed by atoms with Gasteiger partial charge in [0.25, 0.3) is 0 Å². The van der Waals surface area contributed by atoms with Crippen molar-refractivity contribution in [3.63, 3.8) is 0 Å². The van der Waals surface area contributed by atoms with Gasteiger partial charge in [-0.2, -0.15) is 0 Å². The number of carbonyl (C=O) groups excluding carboxylic acids is 2. The van der Waals surface area contributed by atoms with Crippen molar-refractivity contribution in [2.45, 2.75) is 37.3 Å². The number of hydrogen-bond donors (Lipinski definition) is 1. The van der Waals surface area contributed by atoms with Crippen LogP contribution in [0.2, 0.25) is 0 Å². The van der Waals surface area contributed by atoms with Crippen molar-refractivity contribution in [3.8, 4) is 0 Å². The number of rotatable bonds is 7. The van der Waals surface area contributed by atoms with Crippen LogP contribution in [0.25, 0.3) is 0 Å². The van der Waals surface area contributed by atoms with Crippen molar-refractivity contribution < 1.29 is 23.8 Å². The molecule has 0 aliphatic carbocycles. The summed E-state index contributed by atoms with van der Waals surface area (Å²) < 4.78 is 17.1. The van der Waals surface area contributed by atoms with Gasteiger partial charge in [0.2, 0.25) is 0 Å². The number of esters is 2. The van der Waals surface area contributed by atoms with Gasteiger partial charge in [0, 0.05) is 18.6 Å². The Morgan fingerprint density at radius 1 is 1.00 bits per heavy atom. The molecule has 6 nitrogen and oxygen atoms in total. The van der Waals surface area contributed by atoms with Crippen LogP contribution in [-0.4, -0.2) is 44.0 Å². The molecule has 7 heteroatoms. The summed E-state index contributed by atoms with van der Waals surface area (Å²) in [7, 11) is 1.91. The number of morpholine rings is 1. The van der Waals surface area contributed by atoms with Crippen LogP contribution in [-0.2, 0) is 37.0 Å². The van der Waals surface area contributed by atoms with E-state index in [0.717, 1.165) is 11.1 Å². The fourth-order valence-electron chi connectivity index (χ4n) is 4.27. The normalized spacial score (nSPS) is 27.5. The van der Waals surface area contributed by atoms with Gasteiger partial charge in [-0.15, -0.1) is 0 Å². The highest BCUT2D eigenvalue weighted by Crippen LogP contribution is 2.43. The SMILES string of the molecule is B[C@@H]1O[C@@]2(CC(=O)OCc3ccccc3)CNC1C2C(=O)OCc1ccccc1. The first kappa shape index (κ1) is 19.7. The van der Waals surface area contributed by atoms with Crippen molar-refractivity contribution in [3.05, 3.63) is 71.8 Å². The molecule has 0 amide bonds. The Morgan fingerprint density at radius 2 is 1.59 bits per heavy atom. The average Bonchev–Trinajstić information content (AvgIpc) is 3.23. The molecule has 2 heterocycles. The van der Waals surface area contributed by atoms with E-state index >= 15 is 0 Å². The topological polar surface area (TPSA) is 73.9 Å². The Hall–Kier alpha value is -2.64. The minimum Gasteiger partial charge on any atom is -0.461 e. The second-order valence-corrected chi connectivity index (χ2v) is 7.69. The number of ether oxygens (including phenoxy) is 3. The summed E-state index contributed by atoms with van der Waals surface area (Å²) in [5.41, 5.74) is 0.913. The Balaban J connectivity index is 1.40. The molecule has 2 fully saturated rings. The van der Waals surface area contributed by atoms with Crippen LogP contribution in [0.3, 0.4) is 0 Å². The molecular formula is C22H24BNO5. The van der Waals surface area contributed by atoms with E-state index in [1.54, 1.807) is 0 Å². The molecule has 0 saturated carbocycles. The smallest absolute Gasteiger partial charge is 0.313 e. The van der Waals surface area contributed by atoms with Gasteiger partial charge in [0.05, 0.1) is 6.42 Å². The second kappa shape index (κ2) is 8.39.